The quantitative estimate of drug-likeness (QED) is 0.254. The van der Waals surface area contributed by atoms with E-state index >= 15 is 0 Å². The van der Waals surface area contributed by atoms with Gasteiger partial charge in [0.15, 0.2) is 0 Å². The molecule has 2 heterocycles. The third-order valence-corrected chi connectivity index (χ3v) is 6.62. The SMILES string of the molecule is CCn1ccc(-c2cc(-c3cnn(CC(F)F)c3)cc([C@@H](C)NC(=O)c3cc(OCCN(C)C)ccc3C)c2)n1. The molecule has 0 aliphatic carbocycles. The van der Waals surface area contributed by atoms with Crippen LogP contribution in [-0.2, 0) is 13.1 Å². The van der Waals surface area contributed by atoms with Crippen molar-refractivity contribution in [3.63, 3.8) is 0 Å². The summed E-state index contributed by atoms with van der Waals surface area (Å²) in [5.41, 5.74) is 5.38. The van der Waals surface area contributed by atoms with Gasteiger partial charge < -0.3 is 15.0 Å². The maximum Gasteiger partial charge on any atom is 0.257 e. The van der Waals surface area contributed by atoms with Crippen LogP contribution < -0.4 is 10.1 Å². The number of alkyl halides is 2. The molecule has 1 N–H and O–H groups in total. The predicted molar refractivity (Wildman–Crippen MR) is 152 cm³/mol. The first kappa shape index (κ1) is 28.9. The highest BCUT2D eigenvalue weighted by Gasteiger charge is 2.18. The Morgan fingerprint density at radius 3 is 2.55 bits per heavy atom. The number of aryl methyl sites for hydroxylation is 2. The number of aromatic nitrogens is 4. The molecule has 0 saturated heterocycles. The van der Waals surface area contributed by atoms with Crippen molar-refractivity contribution in [1.29, 1.82) is 0 Å². The zero-order valence-electron chi connectivity index (χ0n) is 23.6. The van der Waals surface area contributed by atoms with Crippen LogP contribution in [0.4, 0.5) is 8.78 Å². The van der Waals surface area contributed by atoms with E-state index in [1.54, 1.807) is 18.5 Å². The predicted octanol–water partition coefficient (Wildman–Crippen LogP) is 5.44. The lowest BCUT2D eigenvalue weighted by atomic mass is 9.96. The second-order valence-corrected chi connectivity index (χ2v) is 10.1. The average molecular weight is 551 g/mol. The highest BCUT2D eigenvalue weighted by Crippen LogP contribution is 2.30. The molecule has 0 radical (unpaired) electrons. The van der Waals surface area contributed by atoms with E-state index in [1.165, 1.54) is 4.68 Å². The van der Waals surface area contributed by atoms with Crippen LogP contribution in [0.2, 0.25) is 0 Å². The van der Waals surface area contributed by atoms with Crippen LogP contribution >= 0.6 is 0 Å². The number of nitrogens with zero attached hydrogens (tertiary/aromatic N) is 5. The second kappa shape index (κ2) is 12.9. The Hall–Kier alpha value is -4.05. The van der Waals surface area contributed by atoms with Gasteiger partial charge in [-0.2, -0.15) is 10.2 Å². The Bertz CT molecular complexity index is 1450. The number of hydrogen-bond donors (Lipinski definition) is 1. The van der Waals surface area contributed by atoms with Crippen LogP contribution in [0.25, 0.3) is 22.4 Å². The van der Waals surface area contributed by atoms with E-state index in [-0.39, 0.29) is 11.9 Å². The standard InChI is InChI=1S/C30H36F2N6O2/c1-6-37-10-9-28(35-37)24-14-22(13-23(15-24)25-17-33-38(18-25)19-29(31)32)21(3)34-30(39)27-16-26(8-7-20(27)2)40-12-11-36(4)5/h7-10,13-18,21,29H,6,11-12,19H2,1-5H3,(H,34,39)/t21-/m1/s1. The van der Waals surface area contributed by atoms with Gasteiger partial charge in [-0.3, -0.25) is 14.2 Å². The lowest BCUT2D eigenvalue weighted by Gasteiger charge is -2.18. The summed E-state index contributed by atoms with van der Waals surface area (Å²) in [6, 6.07) is 13.0. The lowest BCUT2D eigenvalue weighted by Crippen LogP contribution is -2.27. The summed E-state index contributed by atoms with van der Waals surface area (Å²) in [4.78, 5) is 15.4. The van der Waals surface area contributed by atoms with Gasteiger partial charge >= 0.3 is 0 Å². The largest absolute Gasteiger partial charge is 0.492 e. The molecule has 0 saturated carbocycles. The lowest BCUT2D eigenvalue weighted by molar-refractivity contribution is 0.0938. The number of benzene rings is 2. The van der Waals surface area contributed by atoms with Crippen molar-refractivity contribution in [3.05, 3.63) is 77.7 Å². The van der Waals surface area contributed by atoms with Gasteiger partial charge in [0.2, 0.25) is 0 Å². The molecule has 1 atom stereocenters. The summed E-state index contributed by atoms with van der Waals surface area (Å²) in [7, 11) is 3.95. The van der Waals surface area contributed by atoms with Gasteiger partial charge in [-0.1, -0.05) is 6.07 Å². The van der Waals surface area contributed by atoms with Crippen molar-refractivity contribution in [3.8, 4) is 28.1 Å². The van der Waals surface area contributed by atoms with Crippen molar-refractivity contribution >= 4 is 5.91 Å². The van der Waals surface area contributed by atoms with Crippen LogP contribution in [0.3, 0.4) is 0 Å². The second-order valence-electron chi connectivity index (χ2n) is 10.1. The fourth-order valence-corrected chi connectivity index (χ4v) is 4.30. The Morgan fingerprint density at radius 1 is 1.07 bits per heavy atom. The van der Waals surface area contributed by atoms with E-state index in [9.17, 15) is 13.6 Å². The molecule has 212 valence electrons. The third kappa shape index (κ3) is 7.32. The maximum atomic E-state index is 13.4. The molecule has 4 aromatic rings. The van der Waals surface area contributed by atoms with E-state index in [0.29, 0.717) is 23.5 Å². The van der Waals surface area contributed by atoms with Crippen LogP contribution in [0.5, 0.6) is 5.75 Å². The number of amides is 1. The molecule has 2 aromatic heterocycles. The summed E-state index contributed by atoms with van der Waals surface area (Å²) in [6.45, 7) is 7.36. The molecule has 40 heavy (non-hydrogen) atoms. The van der Waals surface area contributed by atoms with E-state index in [2.05, 4.69) is 15.5 Å². The first-order valence-electron chi connectivity index (χ1n) is 13.3. The molecule has 0 fully saturated rings. The van der Waals surface area contributed by atoms with Gasteiger partial charge in [-0.25, -0.2) is 8.78 Å². The van der Waals surface area contributed by atoms with E-state index < -0.39 is 13.0 Å². The number of rotatable bonds is 12. The van der Waals surface area contributed by atoms with Crippen molar-refractivity contribution < 1.29 is 18.3 Å². The maximum absolute atomic E-state index is 13.4. The number of carbonyl (C=O) groups is 1. The van der Waals surface area contributed by atoms with Crippen molar-refractivity contribution in [2.24, 2.45) is 0 Å². The van der Waals surface area contributed by atoms with E-state index in [1.807, 2.05) is 87.0 Å². The molecule has 0 aliphatic rings. The number of nitrogens with one attached hydrogen (secondary N) is 1. The Balaban J connectivity index is 1.62. The molecule has 1 amide bonds. The van der Waals surface area contributed by atoms with Gasteiger partial charge in [-0.15, -0.1) is 0 Å². The molecule has 4 rings (SSSR count). The third-order valence-electron chi connectivity index (χ3n) is 6.62. The molecule has 0 spiro atoms. The van der Waals surface area contributed by atoms with Gasteiger partial charge in [0.25, 0.3) is 12.3 Å². The van der Waals surface area contributed by atoms with Crippen molar-refractivity contribution in [2.45, 2.75) is 46.3 Å². The molecule has 0 aliphatic heterocycles. The Morgan fingerprint density at radius 2 is 1.85 bits per heavy atom. The van der Waals surface area contributed by atoms with Gasteiger partial charge in [0.05, 0.1) is 17.9 Å². The molecule has 8 nitrogen and oxygen atoms in total. The summed E-state index contributed by atoms with van der Waals surface area (Å²) in [6.07, 6.45) is 2.59. The summed E-state index contributed by atoms with van der Waals surface area (Å²) in [5.74, 6) is 0.428. The minimum absolute atomic E-state index is 0.213. The highest BCUT2D eigenvalue weighted by molar-refractivity contribution is 5.96. The van der Waals surface area contributed by atoms with Crippen LogP contribution in [0.15, 0.2) is 61.1 Å². The Kier molecular flexibility index (Phi) is 9.31. The van der Waals surface area contributed by atoms with Crippen LogP contribution in [0, 0.1) is 6.92 Å². The molecular weight excluding hydrogens is 514 g/mol. The number of halogens is 2. The number of likely N-dealkylation sites (N-methyl/N-ethyl adjacent to an activating group) is 1. The van der Waals surface area contributed by atoms with Gasteiger partial charge in [0.1, 0.15) is 18.9 Å². The first-order chi connectivity index (χ1) is 19.1. The van der Waals surface area contributed by atoms with Crippen LogP contribution in [-0.4, -0.2) is 64.0 Å². The van der Waals surface area contributed by atoms with Crippen LogP contribution in [0.1, 0.15) is 41.4 Å². The summed E-state index contributed by atoms with van der Waals surface area (Å²) in [5, 5.41) is 11.8. The first-order valence-corrected chi connectivity index (χ1v) is 13.3. The molecular formula is C30H36F2N6O2. The molecule has 0 bridgehead atoms. The minimum atomic E-state index is -2.50. The summed E-state index contributed by atoms with van der Waals surface area (Å²) >= 11 is 0. The van der Waals surface area contributed by atoms with Gasteiger partial charge in [0, 0.05) is 42.2 Å². The van der Waals surface area contributed by atoms with Crippen molar-refractivity contribution in [2.75, 3.05) is 27.2 Å². The fourth-order valence-electron chi connectivity index (χ4n) is 4.30. The number of ether oxygens (including phenoxy) is 1. The minimum Gasteiger partial charge on any atom is -0.492 e. The topological polar surface area (TPSA) is 77.2 Å². The molecule has 0 unspecified atom stereocenters. The Labute approximate surface area is 233 Å². The zero-order valence-corrected chi connectivity index (χ0v) is 23.6. The number of carbonyl (C=O) groups excluding carboxylic acids is 1. The monoisotopic (exact) mass is 550 g/mol. The average Bonchev–Trinajstić information content (AvgIpc) is 3.59. The molecule has 10 heteroatoms. The van der Waals surface area contributed by atoms with E-state index in [4.69, 9.17) is 4.74 Å². The zero-order chi connectivity index (χ0) is 28.8. The highest BCUT2D eigenvalue weighted by atomic mass is 19.3. The fraction of sp³-hybridized carbons (Fsp3) is 0.367. The number of hydrogen-bond acceptors (Lipinski definition) is 5. The van der Waals surface area contributed by atoms with Crippen molar-refractivity contribution in [1.82, 2.24) is 29.8 Å². The smallest absolute Gasteiger partial charge is 0.257 e. The molecule has 2 aromatic carbocycles. The normalized spacial score (nSPS) is 12.2. The summed E-state index contributed by atoms with van der Waals surface area (Å²) < 4.78 is 34.7. The van der Waals surface area contributed by atoms with Gasteiger partial charge in [-0.05, 0) is 88.0 Å². The van der Waals surface area contributed by atoms with E-state index in [0.717, 1.165) is 41.0 Å².